The monoisotopic (exact) mass is 335 g/mol. The topological polar surface area (TPSA) is 74.0 Å². The second kappa shape index (κ2) is 6.38. The van der Waals surface area contributed by atoms with E-state index >= 15 is 0 Å². The maximum absolute atomic E-state index is 11.8. The second-order valence-electron chi connectivity index (χ2n) is 4.19. The molecule has 20 heavy (non-hydrogen) atoms. The van der Waals surface area contributed by atoms with E-state index in [1.54, 1.807) is 6.07 Å². The van der Waals surface area contributed by atoms with Crippen molar-refractivity contribution in [2.24, 2.45) is 0 Å². The number of amides is 2. The van der Waals surface area contributed by atoms with E-state index in [9.17, 15) is 9.59 Å². The molecule has 0 aliphatic carbocycles. The van der Waals surface area contributed by atoms with Crippen LogP contribution in [0.1, 0.15) is 12.5 Å². The molecular weight excluding hydrogens is 322 g/mol. The van der Waals surface area contributed by atoms with Gasteiger partial charge in [0, 0.05) is 16.4 Å². The van der Waals surface area contributed by atoms with Crippen LogP contribution in [-0.2, 0) is 6.42 Å². The number of carbonyl (C=O) groups excluding carboxylic acids is 1. The van der Waals surface area contributed by atoms with E-state index in [4.69, 9.17) is 0 Å². The van der Waals surface area contributed by atoms with Crippen LogP contribution < -0.4 is 16.2 Å². The third-order valence-electron chi connectivity index (χ3n) is 2.74. The van der Waals surface area contributed by atoms with Crippen molar-refractivity contribution in [1.29, 1.82) is 0 Å². The summed E-state index contributed by atoms with van der Waals surface area (Å²) in [4.78, 5) is 25.8. The molecule has 0 atom stereocenters. The predicted octanol–water partition coefficient (Wildman–Crippen LogP) is 3.34. The Morgan fingerprint density at radius 2 is 1.95 bits per heavy atom. The van der Waals surface area contributed by atoms with E-state index in [0.29, 0.717) is 10.2 Å². The fraction of sp³-hybridized carbons (Fsp3) is 0.143. The Morgan fingerprint density at radius 1 is 1.25 bits per heavy atom. The first-order valence-electron chi connectivity index (χ1n) is 6.13. The molecule has 0 unspecified atom stereocenters. The largest absolute Gasteiger partial charge is 0.326 e. The summed E-state index contributed by atoms with van der Waals surface area (Å²) in [6, 6.07) is 8.62. The molecule has 2 rings (SSSR count). The molecule has 6 heteroatoms. The number of halogens is 1. The number of urea groups is 1. The number of pyridine rings is 1. The smallest absolute Gasteiger partial charge is 0.323 e. The summed E-state index contributed by atoms with van der Waals surface area (Å²) in [6.45, 7) is 2.06. The van der Waals surface area contributed by atoms with Crippen LogP contribution in [-0.4, -0.2) is 11.0 Å². The summed E-state index contributed by atoms with van der Waals surface area (Å²) in [5.74, 6) is 0. The van der Waals surface area contributed by atoms with Crippen LogP contribution in [0.15, 0.2) is 45.8 Å². The fourth-order valence-electron chi connectivity index (χ4n) is 1.66. The Labute approximate surface area is 124 Å². The summed E-state index contributed by atoms with van der Waals surface area (Å²) in [5, 5.41) is 5.17. The van der Waals surface area contributed by atoms with Crippen molar-refractivity contribution in [3.05, 3.63) is 56.9 Å². The van der Waals surface area contributed by atoms with E-state index in [2.05, 4.69) is 38.5 Å². The van der Waals surface area contributed by atoms with Crippen molar-refractivity contribution in [2.45, 2.75) is 13.3 Å². The lowest BCUT2D eigenvalue weighted by atomic mass is 10.1. The average Bonchev–Trinajstić information content (AvgIpc) is 2.43. The first-order chi connectivity index (χ1) is 9.58. The predicted molar refractivity (Wildman–Crippen MR) is 83.2 cm³/mol. The molecule has 104 valence electrons. The number of aryl methyl sites for hydroxylation is 1. The number of benzene rings is 1. The van der Waals surface area contributed by atoms with Crippen LogP contribution in [0.5, 0.6) is 0 Å². The van der Waals surface area contributed by atoms with Crippen molar-refractivity contribution in [2.75, 3.05) is 10.6 Å². The molecule has 2 aromatic rings. The molecule has 0 spiro atoms. The lowest BCUT2D eigenvalue weighted by molar-refractivity contribution is 0.262. The summed E-state index contributed by atoms with van der Waals surface area (Å²) in [6.07, 6.45) is 2.45. The van der Waals surface area contributed by atoms with Gasteiger partial charge in [-0.15, -0.1) is 0 Å². The van der Waals surface area contributed by atoms with E-state index in [-0.39, 0.29) is 11.2 Å². The van der Waals surface area contributed by atoms with Gasteiger partial charge in [-0.1, -0.05) is 19.1 Å². The highest BCUT2D eigenvalue weighted by Gasteiger charge is 2.06. The van der Waals surface area contributed by atoms with Crippen LogP contribution in [0.2, 0.25) is 0 Å². The Bertz CT molecular complexity index is 665. The van der Waals surface area contributed by atoms with E-state index in [1.165, 1.54) is 11.8 Å². The molecule has 1 aromatic heterocycles. The van der Waals surface area contributed by atoms with Crippen molar-refractivity contribution < 1.29 is 4.79 Å². The number of rotatable bonds is 3. The number of anilines is 2. The average molecular weight is 336 g/mol. The first kappa shape index (κ1) is 14.3. The molecule has 0 aliphatic rings. The van der Waals surface area contributed by atoms with Gasteiger partial charge in [-0.3, -0.25) is 4.79 Å². The van der Waals surface area contributed by atoms with Gasteiger partial charge in [0.15, 0.2) is 0 Å². The van der Waals surface area contributed by atoms with E-state index in [1.807, 2.05) is 24.3 Å². The summed E-state index contributed by atoms with van der Waals surface area (Å²) >= 11 is 3.23. The zero-order chi connectivity index (χ0) is 14.5. The lowest BCUT2D eigenvalue weighted by Gasteiger charge is -2.07. The molecular formula is C14H14BrN3O2. The molecule has 3 N–H and O–H groups in total. The van der Waals surface area contributed by atoms with Crippen LogP contribution in [0.3, 0.4) is 0 Å². The Hall–Kier alpha value is -2.08. The van der Waals surface area contributed by atoms with Gasteiger partial charge in [0.1, 0.15) is 5.69 Å². The van der Waals surface area contributed by atoms with Gasteiger partial charge in [0.25, 0.3) is 5.56 Å². The van der Waals surface area contributed by atoms with Crippen molar-refractivity contribution in [1.82, 2.24) is 4.98 Å². The number of aromatic amines is 1. The maximum atomic E-state index is 11.8. The van der Waals surface area contributed by atoms with Crippen molar-refractivity contribution >= 4 is 33.3 Å². The van der Waals surface area contributed by atoms with Gasteiger partial charge in [-0.2, -0.15) is 0 Å². The SMILES string of the molecule is CCc1ccc(NC(=O)Nc2cc(Br)c[nH]c2=O)cc1. The van der Waals surface area contributed by atoms with Gasteiger partial charge >= 0.3 is 6.03 Å². The Balaban J connectivity index is 2.04. The summed E-state index contributed by atoms with van der Waals surface area (Å²) in [5.41, 5.74) is 1.69. The highest BCUT2D eigenvalue weighted by molar-refractivity contribution is 9.10. The number of nitrogens with one attached hydrogen (secondary N) is 3. The number of H-pyrrole nitrogens is 1. The molecule has 0 bridgehead atoms. The van der Waals surface area contributed by atoms with Gasteiger partial charge in [0.05, 0.1) is 0 Å². The minimum Gasteiger partial charge on any atom is -0.326 e. The van der Waals surface area contributed by atoms with Crippen LogP contribution in [0, 0.1) is 0 Å². The third kappa shape index (κ3) is 3.71. The zero-order valence-electron chi connectivity index (χ0n) is 10.9. The van der Waals surface area contributed by atoms with Gasteiger partial charge in [-0.25, -0.2) is 4.79 Å². The molecule has 0 saturated heterocycles. The third-order valence-corrected chi connectivity index (χ3v) is 3.19. The van der Waals surface area contributed by atoms with Gasteiger partial charge < -0.3 is 15.6 Å². The molecule has 0 saturated carbocycles. The van der Waals surface area contributed by atoms with Crippen LogP contribution >= 0.6 is 15.9 Å². The molecule has 1 aromatic carbocycles. The normalized spacial score (nSPS) is 10.1. The quantitative estimate of drug-likeness (QED) is 0.804. The van der Waals surface area contributed by atoms with Crippen molar-refractivity contribution in [3.8, 4) is 0 Å². The highest BCUT2D eigenvalue weighted by Crippen LogP contribution is 2.12. The molecule has 0 aliphatic heterocycles. The first-order valence-corrected chi connectivity index (χ1v) is 6.93. The summed E-state index contributed by atoms with van der Waals surface area (Å²) < 4.78 is 0.680. The lowest BCUT2D eigenvalue weighted by Crippen LogP contribution is -2.24. The number of hydrogen-bond donors (Lipinski definition) is 3. The van der Waals surface area contributed by atoms with Crippen LogP contribution in [0.25, 0.3) is 0 Å². The zero-order valence-corrected chi connectivity index (χ0v) is 12.5. The summed E-state index contributed by atoms with van der Waals surface area (Å²) in [7, 11) is 0. The molecule has 2 amide bonds. The van der Waals surface area contributed by atoms with Crippen molar-refractivity contribution in [3.63, 3.8) is 0 Å². The van der Waals surface area contributed by atoms with Gasteiger partial charge in [0.2, 0.25) is 0 Å². The maximum Gasteiger partial charge on any atom is 0.323 e. The Morgan fingerprint density at radius 3 is 2.60 bits per heavy atom. The standard InChI is InChI=1S/C14H14BrN3O2/c1-2-9-3-5-11(6-4-9)17-14(20)18-12-7-10(15)8-16-13(12)19/h3-8H,2H2,1H3,(H,16,19)(H2,17,18,20). The minimum absolute atomic E-state index is 0.182. The van der Waals surface area contributed by atoms with Crippen LogP contribution in [0.4, 0.5) is 16.2 Å². The molecule has 1 heterocycles. The minimum atomic E-state index is -0.460. The number of carbonyl (C=O) groups is 1. The van der Waals surface area contributed by atoms with Gasteiger partial charge in [-0.05, 0) is 46.1 Å². The number of aromatic nitrogens is 1. The van der Waals surface area contributed by atoms with E-state index in [0.717, 1.165) is 6.42 Å². The molecule has 0 radical (unpaired) electrons. The molecule has 0 fully saturated rings. The fourth-order valence-corrected chi connectivity index (χ4v) is 2.00. The Kier molecular flexibility index (Phi) is 4.57. The number of hydrogen-bond acceptors (Lipinski definition) is 2. The highest BCUT2D eigenvalue weighted by atomic mass is 79.9. The van der Waals surface area contributed by atoms with E-state index < -0.39 is 6.03 Å². The molecule has 5 nitrogen and oxygen atoms in total. The second-order valence-corrected chi connectivity index (χ2v) is 5.11.